The third kappa shape index (κ3) is 1.82. The lowest BCUT2D eigenvalue weighted by Crippen LogP contribution is -2.13. The van der Waals surface area contributed by atoms with Gasteiger partial charge in [0.25, 0.3) is 0 Å². The van der Waals surface area contributed by atoms with Crippen molar-refractivity contribution in [1.29, 1.82) is 5.41 Å². The molecule has 0 bridgehead atoms. The number of amidine groups is 1. The molecule has 0 aliphatic rings. The Balaban J connectivity index is 2.68. The molecule has 0 saturated heterocycles. The zero-order valence-corrected chi connectivity index (χ0v) is 9.03. The molecule has 0 aliphatic carbocycles. The van der Waals surface area contributed by atoms with Gasteiger partial charge in [0.05, 0.1) is 12.1 Å². The molecule has 0 amide bonds. The minimum atomic E-state index is -0.0493. The maximum atomic E-state index is 7.40. The van der Waals surface area contributed by atoms with Crippen LogP contribution in [0.3, 0.4) is 0 Å². The summed E-state index contributed by atoms with van der Waals surface area (Å²) >= 11 is 0. The van der Waals surface area contributed by atoms with Gasteiger partial charge in [-0.1, -0.05) is 12.1 Å². The number of nitrogens with one attached hydrogen (secondary N) is 1. The summed E-state index contributed by atoms with van der Waals surface area (Å²) in [6, 6.07) is 9.35. The summed E-state index contributed by atoms with van der Waals surface area (Å²) in [5.74, 6) is 0.671. The first-order chi connectivity index (χ1) is 7.72. The molecule has 0 spiro atoms. The zero-order valence-electron chi connectivity index (χ0n) is 9.03. The standard InChI is InChI=1S/C12H13N3O/c1-2-16-11-7-10(12(13)14)15-9-6-4-3-5-8(9)11/h3-7H,2H2,1H3,(H3,13,14). The van der Waals surface area contributed by atoms with E-state index in [2.05, 4.69) is 4.98 Å². The van der Waals surface area contributed by atoms with Gasteiger partial charge >= 0.3 is 0 Å². The van der Waals surface area contributed by atoms with Crippen molar-refractivity contribution in [2.24, 2.45) is 5.73 Å². The van der Waals surface area contributed by atoms with Crippen molar-refractivity contribution >= 4 is 16.7 Å². The van der Waals surface area contributed by atoms with Crippen molar-refractivity contribution in [3.63, 3.8) is 0 Å². The molecule has 2 rings (SSSR count). The number of hydrogen-bond acceptors (Lipinski definition) is 3. The van der Waals surface area contributed by atoms with Crippen molar-refractivity contribution in [1.82, 2.24) is 4.98 Å². The van der Waals surface area contributed by atoms with Crippen LogP contribution in [0.5, 0.6) is 5.75 Å². The second-order valence-corrected chi connectivity index (χ2v) is 3.37. The van der Waals surface area contributed by atoms with Gasteiger partial charge < -0.3 is 10.5 Å². The second-order valence-electron chi connectivity index (χ2n) is 3.37. The van der Waals surface area contributed by atoms with Crippen LogP contribution in [0.1, 0.15) is 12.6 Å². The van der Waals surface area contributed by atoms with Crippen LogP contribution in [-0.4, -0.2) is 17.4 Å². The number of hydrogen-bond donors (Lipinski definition) is 2. The van der Waals surface area contributed by atoms with E-state index in [0.29, 0.717) is 12.3 Å². The number of fused-ring (bicyclic) bond motifs is 1. The highest BCUT2D eigenvalue weighted by atomic mass is 16.5. The molecule has 4 nitrogen and oxygen atoms in total. The first-order valence-corrected chi connectivity index (χ1v) is 5.09. The molecule has 0 saturated carbocycles. The van der Waals surface area contributed by atoms with Gasteiger partial charge in [-0.25, -0.2) is 4.98 Å². The summed E-state index contributed by atoms with van der Waals surface area (Å²) < 4.78 is 5.52. The van der Waals surface area contributed by atoms with Crippen LogP contribution in [0.25, 0.3) is 10.9 Å². The summed E-state index contributed by atoms with van der Waals surface area (Å²) in [7, 11) is 0. The van der Waals surface area contributed by atoms with Crippen LogP contribution >= 0.6 is 0 Å². The van der Waals surface area contributed by atoms with E-state index in [4.69, 9.17) is 15.9 Å². The monoisotopic (exact) mass is 215 g/mol. The maximum Gasteiger partial charge on any atom is 0.141 e. The predicted molar refractivity (Wildman–Crippen MR) is 63.9 cm³/mol. The fraction of sp³-hybridized carbons (Fsp3) is 0.167. The van der Waals surface area contributed by atoms with Crippen LogP contribution in [0.4, 0.5) is 0 Å². The van der Waals surface area contributed by atoms with E-state index in [1.165, 1.54) is 0 Å². The van der Waals surface area contributed by atoms with Gasteiger partial charge in [-0.15, -0.1) is 0 Å². The number of nitrogen functional groups attached to an aromatic ring is 1. The lowest BCUT2D eigenvalue weighted by molar-refractivity contribution is 0.344. The van der Waals surface area contributed by atoms with Gasteiger partial charge in [-0.2, -0.15) is 0 Å². The average molecular weight is 215 g/mol. The topological polar surface area (TPSA) is 72.0 Å². The van der Waals surface area contributed by atoms with E-state index in [0.717, 1.165) is 16.7 Å². The fourth-order valence-corrected chi connectivity index (χ4v) is 1.56. The molecule has 3 N–H and O–H groups in total. The molecule has 1 heterocycles. The average Bonchev–Trinajstić information content (AvgIpc) is 2.29. The summed E-state index contributed by atoms with van der Waals surface area (Å²) in [5.41, 5.74) is 6.67. The molecule has 0 radical (unpaired) electrons. The largest absolute Gasteiger partial charge is 0.493 e. The normalized spacial score (nSPS) is 10.3. The Kier molecular flexibility index (Phi) is 2.72. The summed E-state index contributed by atoms with van der Waals surface area (Å²) in [4.78, 5) is 4.29. The van der Waals surface area contributed by atoms with Crippen molar-refractivity contribution in [2.45, 2.75) is 6.92 Å². The number of aromatic nitrogens is 1. The number of rotatable bonds is 3. The number of nitrogens with zero attached hydrogens (tertiary/aromatic N) is 1. The van der Waals surface area contributed by atoms with Crippen molar-refractivity contribution in [3.8, 4) is 5.75 Å². The molecule has 0 unspecified atom stereocenters. The highest BCUT2D eigenvalue weighted by Crippen LogP contribution is 2.25. The Morgan fingerprint density at radius 2 is 2.19 bits per heavy atom. The Labute approximate surface area is 93.6 Å². The summed E-state index contributed by atoms with van der Waals surface area (Å²) in [6.45, 7) is 2.49. The SMILES string of the molecule is CCOc1cc(C(=N)N)nc2ccccc12. The summed E-state index contributed by atoms with van der Waals surface area (Å²) in [5, 5.41) is 8.34. The molecule has 16 heavy (non-hydrogen) atoms. The van der Waals surface area contributed by atoms with Crippen LogP contribution in [-0.2, 0) is 0 Å². The summed E-state index contributed by atoms with van der Waals surface area (Å²) in [6.07, 6.45) is 0. The Morgan fingerprint density at radius 1 is 1.44 bits per heavy atom. The molecular weight excluding hydrogens is 202 g/mol. The van der Waals surface area contributed by atoms with Gasteiger partial charge in [0, 0.05) is 11.5 Å². The lowest BCUT2D eigenvalue weighted by atomic mass is 10.2. The Hall–Kier alpha value is -2.10. The van der Waals surface area contributed by atoms with E-state index in [-0.39, 0.29) is 5.84 Å². The minimum Gasteiger partial charge on any atom is -0.493 e. The molecule has 1 aromatic carbocycles. The number of ether oxygens (including phenoxy) is 1. The van der Waals surface area contributed by atoms with Gasteiger partial charge in [0.1, 0.15) is 17.3 Å². The number of para-hydroxylation sites is 1. The first kappa shape index (κ1) is 10.4. The van der Waals surface area contributed by atoms with E-state index in [1.807, 2.05) is 31.2 Å². The van der Waals surface area contributed by atoms with Crippen molar-refractivity contribution in [3.05, 3.63) is 36.0 Å². The molecule has 0 aliphatic heterocycles. The molecule has 82 valence electrons. The van der Waals surface area contributed by atoms with Crippen LogP contribution in [0.2, 0.25) is 0 Å². The van der Waals surface area contributed by atoms with Crippen LogP contribution in [0, 0.1) is 5.41 Å². The smallest absolute Gasteiger partial charge is 0.141 e. The van der Waals surface area contributed by atoms with E-state index >= 15 is 0 Å². The van der Waals surface area contributed by atoms with Crippen LogP contribution in [0.15, 0.2) is 30.3 Å². The molecule has 0 fully saturated rings. The molecular formula is C12H13N3O. The van der Waals surface area contributed by atoms with Gasteiger partial charge in [0.2, 0.25) is 0 Å². The number of pyridine rings is 1. The highest BCUT2D eigenvalue weighted by molar-refractivity contribution is 5.97. The van der Waals surface area contributed by atoms with Gasteiger partial charge in [0.15, 0.2) is 0 Å². The Bertz CT molecular complexity index is 537. The highest BCUT2D eigenvalue weighted by Gasteiger charge is 2.07. The number of benzene rings is 1. The van der Waals surface area contributed by atoms with Gasteiger partial charge in [-0.05, 0) is 19.1 Å². The quantitative estimate of drug-likeness (QED) is 0.607. The predicted octanol–water partition coefficient (Wildman–Crippen LogP) is 1.92. The molecule has 4 heteroatoms. The molecule has 0 atom stereocenters. The maximum absolute atomic E-state index is 7.40. The molecule has 2 aromatic rings. The van der Waals surface area contributed by atoms with Gasteiger partial charge in [-0.3, -0.25) is 5.41 Å². The number of nitrogens with two attached hydrogens (primary N) is 1. The van der Waals surface area contributed by atoms with Crippen molar-refractivity contribution < 1.29 is 4.74 Å². The second kappa shape index (κ2) is 4.18. The third-order valence-corrected chi connectivity index (χ3v) is 2.25. The van der Waals surface area contributed by atoms with E-state index in [1.54, 1.807) is 6.07 Å². The van der Waals surface area contributed by atoms with Crippen LogP contribution < -0.4 is 10.5 Å². The minimum absolute atomic E-state index is 0.0493. The fourth-order valence-electron chi connectivity index (χ4n) is 1.56. The molecule has 1 aromatic heterocycles. The van der Waals surface area contributed by atoms with E-state index in [9.17, 15) is 0 Å². The first-order valence-electron chi connectivity index (χ1n) is 5.09. The zero-order chi connectivity index (χ0) is 11.5. The van der Waals surface area contributed by atoms with Crippen molar-refractivity contribution in [2.75, 3.05) is 6.61 Å². The van der Waals surface area contributed by atoms with E-state index < -0.39 is 0 Å². The lowest BCUT2D eigenvalue weighted by Gasteiger charge is -2.09. The third-order valence-electron chi connectivity index (χ3n) is 2.25. The Morgan fingerprint density at radius 3 is 2.88 bits per heavy atom.